The topological polar surface area (TPSA) is 108 Å². The summed E-state index contributed by atoms with van der Waals surface area (Å²) in [5.74, 6) is -1.59. The molecule has 0 bridgehead atoms. The molecule has 0 saturated carbocycles. The summed E-state index contributed by atoms with van der Waals surface area (Å²) in [4.78, 5) is 52.0. The van der Waals surface area contributed by atoms with E-state index in [1.54, 1.807) is 55.5 Å². The fraction of sp³-hybridized carbons (Fsp3) is 0.154. The van der Waals surface area contributed by atoms with Crippen molar-refractivity contribution in [1.29, 1.82) is 0 Å². The Kier molecular flexibility index (Phi) is 6.84. The van der Waals surface area contributed by atoms with Gasteiger partial charge in [0.15, 0.2) is 0 Å². The largest absolute Gasteiger partial charge is 0.348 e. The molecule has 3 aromatic rings. The van der Waals surface area contributed by atoms with Crippen LogP contribution in [0, 0.1) is 0 Å². The molecule has 1 saturated heterocycles. The number of amides is 5. The van der Waals surface area contributed by atoms with Gasteiger partial charge in [-0.3, -0.25) is 19.3 Å². The molecule has 1 aliphatic heterocycles. The number of anilines is 1. The van der Waals surface area contributed by atoms with Gasteiger partial charge in [0.2, 0.25) is 5.91 Å². The molecule has 0 aromatic heterocycles. The Hall–Kier alpha value is -4.17. The summed E-state index contributed by atoms with van der Waals surface area (Å²) < 4.78 is 0. The van der Waals surface area contributed by atoms with Crippen LogP contribution in [-0.4, -0.2) is 35.2 Å². The molecule has 0 radical (unpaired) electrons. The van der Waals surface area contributed by atoms with E-state index in [9.17, 15) is 19.2 Å². The summed E-state index contributed by atoms with van der Waals surface area (Å²) in [6, 6.07) is 21.9. The molecule has 5 amide bonds. The van der Waals surface area contributed by atoms with E-state index in [1.807, 2.05) is 30.3 Å². The first-order valence-electron chi connectivity index (χ1n) is 10.9. The molecule has 3 aromatic carbocycles. The smallest absolute Gasteiger partial charge is 0.325 e. The van der Waals surface area contributed by atoms with Gasteiger partial charge in [-0.2, -0.15) is 0 Å². The molecule has 1 aliphatic rings. The maximum absolute atomic E-state index is 13.1. The number of carbonyl (C=O) groups is 4. The zero-order valence-corrected chi connectivity index (χ0v) is 19.6. The first kappa shape index (κ1) is 24.0. The lowest BCUT2D eigenvalue weighted by Crippen LogP contribution is -2.42. The Labute approximate surface area is 207 Å². The lowest BCUT2D eigenvalue weighted by Gasteiger charge is -2.23. The van der Waals surface area contributed by atoms with Gasteiger partial charge < -0.3 is 16.0 Å². The van der Waals surface area contributed by atoms with E-state index in [1.165, 1.54) is 0 Å². The van der Waals surface area contributed by atoms with Crippen molar-refractivity contribution in [3.05, 3.63) is 101 Å². The van der Waals surface area contributed by atoms with Crippen LogP contribution in [0.4, 0.5) is 10.5 Å². The molecule has 1 fully saturated rings. The number of halogens is 1. The van der Waals surface area contributed by atoms with Crippen LogP contribution in [0.3, 0.4) is 0 Å². The van der Waals surface area contributed by atoms with Crippen molar-refractivity contribution in [1.82, 2.24) is 15.5 Å². The third-order valence-corrected chi connectivity index (χ3v) is 6.06. The van der Waals surface area contributed by atoms with Gasteiger partial charge in [0.05, 0.1) is 11.3 Å². The molecule has 0 unspecified atom stereocenters. The fourth-order valence-electron chi connectivity index (χ4n) is 3.89. The van der Waals surface area contributed by atoms with Crippen molar-refractivity contribution in [2.75, 3.05) is 11.9 Å². The Morgan fingerprint density at radius 3 is 2.34 bits per heavy atom. The van der Waals surface area contributed by atoms with Crippen molar-refractivity contribution in [2.24, 2.45) is 0 Å². The van der Waals surface area contributed by atoms with Crippen LogP contribution >= 0.6 is 11.6 Å². The van der Waals surface area contributed by atoms with Gasteiger partial charge in [0, 0.05) is 17.1 Å². The Morgan fingerprint density at radius 1 is 0.943 bits per heavy atom. The number of carbonyl (C=O) groups excluding carboxylic acids is 4. The molecule has 3 N–H and O–H groups in total. The van der Waals surface area contributed by atoms with E-state index >= 15 is 0 Å². The summed E-state index contributed by atoms with van der Waals surface area (Å²) in [6.45, 7) is 1.34. The van der Waals surface area contributed by atoms with Gasteiger partial charge in [-0.25, -0.2) is 4.79 Å². The zero-order chi connectivity index (χ0) is 25.0. The van der Waals surface area contributed by atoms with Crippen molar-refractivity contribution < 1.29 is 19.2 Å². The highest BCUT2D eigenvalue weighted by atomic mass is 35.5. The number of nitrogens with zero attached hydrogens (tertiary/aromatic N) is 1. The summed E-state index contributed by atoms with van der Waals surface area (Å²) in [6.07, 6.45) is 0. The number of benzene rings is 3. The lowest BCUT2D eigenvalue weighted by atomic mass is 9.92. The summed E-state index contributed by atoms with van der Waals surface area (Å²) in [5, 5.41) is 8.41. The average molecular weight is 491 g/mol. The first-order chi connectivity index (χ1) is 16.8. The van der Waals surface area contributed by atoms with Crippen LogP contribution < -0.4 is 16.0 Å². The number of hydrogen-bond acceptors (Lipinski definition) is 4. The van der Waals surface area contributed by atoms with Crippen LogP contribution in [0.15, 0.2) is 78.9 Å². The molecule has 35 heavy (non-hydrogen) atoms. The van der Waals surface area contributed by atoms with E-state index in [2.05, 4.69) is 16.0 Å². The van der Waals surface area contributed by atoms with E-state index in [0.29, 0.717) is 17.1 Å². The molecule has 0 spiro atoms. The van der Waals surface area contributed by atoms with Crippen LogP contribution in [0.5, 0.6) is 0 Å². The number of rotatable bonds is 7. The van der Waals surface area contributed by atoms with Gasteiger partial charge >= 0.3 is 6.03 Å². The Morgan fingerprint density at radius 2 is 1.60 bits per heavy atom. The number of urea groups is 1. The van der Waals surface area contributed by atoms with E-state index in [4.69, 9.17) is 11.6 Å². The number of nitrogens with one attached hydrogen (secondary N) is 3. The summed E-state index contributed by atoms with van der Waals surface area (Å²) in [7, 11) is 0. The highest BCUT2D eigenvalue weighted by Crippen LogP contribution is 2.33. The normalized spacial score (nSPS) is 17.1. The third kappa shape index (κ3) is 5.02. The Balaban J connectivity index is 1.44. The third-order valence-electron chi connectivity index (χ3n) is 5.73. The number of hydrogen-bond donors (Lipinski definition) is 3. The Bertz CT molecular complexity index is 1300. The predicted molar refractivity (Wildman–Crippen MR) is 132 cm³/mol. The minimum atomic E-state index is -1.40. The van der Waals surface area contributed by atoms with Gasteiger partial charge in [-0.05, 0) is 30.7 Å². The van der Waals surface area contributed by atoms with Crippen LogP contribution in [0.1, 0.15) is 28.4 Å². The molecular formula is C26H23ClN4O4. The van der Waals surface area contributed by atoms with E-state index in [0.717, 1.165) is 10.5 Å². The molecule has 1 atom stereocenters. The second kappa shape index (κ2) is 9.99. The fourth-order valence-corrected chi connectivity index (χ4v) is 4.21. The first-order valence-corrected chi connectivity index (χ1v) is 11.3. The quantitative estimate of drug-likeness (QED) is 0.439. The molecular weight excluding hydrogens is 468 g/mol. The van der Waals surface area contributed by atoms with Crippen LogP contribution in [-0.2, 0) is 21.7 Å². The van der Waals surface area contributed by atoms with Gasteiger partial charge in [-0.15, -0.1) is 0 Å². The van der Waals surface area contributed by atoms with Gasteiger partial charge in [0.25, 0.3) is 11.8 Å². The van der Waals surface area contributed by atoms with E-state index < -0.39 is 29.9 Å². The predicted octanol–water partition coefficient (Wildman–Crippen LogP) is 3.68. The summed E-state index contributed by atoms with van der Waals surface area (Å²) in [5.41, 5.74) is 0.495. The van der Waals surface area contributed by atoms with Crippen molar-refractivity contribution in [3.63, 3.8) is 0 Å². The van der Waals surface area contributed by atoms with Crippen molar-refractivity contribution in [2.45, 2.75) is 19.0 Å². The monoisotopic (exact) mass is 490 g/mol. The molecule has 9 heteroatoms. The lowest BCUT2D eigenvalue weighted by molar-refractivity contribution is -0.133. The minimum absolute atomic E-state index is 0.259. The van der Waals surface area contributed by atoms with Gasteiger partial charge in [-0.1, -0.05) is 72.3 Å². The van der Waals surface area contributed by atoms with Gasteiger partial charge in [0.1, 0.15) is 12.1 Å². The second-order valence-corrected chi connectivity index (χ2v) is 8.60. The van der Waals surface area contributed by atoms with Crippen molar-refractivity contribution >= 4 is 41.0 Å². The molecule has 0 aliphatic carbocycles. The molecule has 178 valence electrons. The number of para-hydroxylation sites is 1. The highest BCUT2D eigenvalue weighted by Gasteiger charge is 2.50. The number of imide groups is 1. The maximum Gasteiger partial charge on any atom is 0.325 e. The highest BCUT2D eigenvalue weighted by molar-refractivity contribution is 6.32. The molecule has 4 rings (SSSR count). The molecule has 1 heterocycles. The average Bonchev–Trinajstić information content (AvgIpc) is 3.07. The SMILES string of the molecule is C[C@@]1(c2ccccc2Cl)NC(=O)N(CC(=O)Nc2ccccc2C(=O)NCc2ccccc2)C1=O. The minimum Gasteiger partial charge on any atom is -0.348 e. The zero-order valence-electron chi connectivity index (χ0n) is 18.9. The van der Waals surface area contributed by atoms with Crippen LogP contribution in [0.2, 0.25) is 5.02 Å². The standard InChI is InChI=1S/C26H23ClN4O4/c1-26(19-12-6-7-13-20(19)27)24(34)31(25(35)30-26)16-22(32)29-21-14-8-5-11-18(21)23(33)28-15-17-9-3-2-4-10-17/h2-14H,15-16H2,1H3,(H,28,33)(H,29,32)(H,30,35)/t26-/m0/s1. The van der Waals surface area contributed by atoms with E-state index in [-0.39, 0.29) is 17.2 Å². The maximum atomic E-state index is 13.1. The van der Waals surface area contributed by atoms with Crippen molar-refractivity contribution in [3.8, 4) is 0 Å². The second-order valence-electron chi connectivity index (χ2n) is 8.19. The summed E-state index contributed by atoms with van der Waals surface area (Å²) >= 11 is 6.24. The van der Waals surface area contributed by atoms with Crippen LogP contribution in [0.25, 0.3) is 0 Å². The molecule has 8 nitrogen and oxygen atoms in total.